The molecule has 0 bridgehead atoms. The van der Waals surface area contributed by atoms with E-state index in [-0.39, 0.29) is 18.2 Å². The summed E-state index contributed by atoms with van der Waals surface area (Å²) in [6.45, 7) is 8.48. The second-order valence-electron chi connectivity index (χ2n) is 9.46. The zero-order valence-electron chi connectivity index (χ0n) is 17.8. The third kappa shape index (κ3) is 5.40. The minimum atomic E-state index is -0.487. The van der Waals surface area contributed by atoms with E-state index in [0.717, 1.165) is 37.3 Å². The van der Waals surface area contributed by atoms with Crippen molar-refractivity contribution in [3.05, 3.63) is 29.8 Å². The smallest absolute Gasteiger partial charge is 0.407 e. The lowest BCUT2D eigenvalue weighted by Gasteiger charge is -2.45. The normalized spacial score (nSPS) is 24.4. The topological polar surface area (TPSA) is 61.8 Å². The van der Waals surface area contributed by atoms with Gasteiger partial charge in [0.1, 0.15) is 5.60 Å². The Morgan fingerprint density at radius 3 is 2.43 bits per heavy atom. The molecule has 5 nitrogen and oxygen atoms in total. The van der Waals surface area contributed by atoms with Crippen LogP contribution in [-0.2, 0) is 4.74 Å². The summed E-state index contributed by atoms with van der Waals surface area (Å²) in [5.41, 5.74) is 1.61. The molecule has 2 fully saturated rings. The predicted octanol–water partition coefficient (Wildman–Crippen LogP) is 4.79. The van der Waals surface area contributed by atoms with Gasteiger partial charge in [0.05, 0.1) is 12.1 Å². The number of nitrogens with zero attached hydrogens (tertiary/aromatic N) is 1. The number of aliphatic hydroxyl groups excluding tert-OH is 1. The number of nitrogens with one attached hydrogen (secondary N) is 1. The van der Waals surface area contributed by atoms with Crippen LogP contribution < -0.4 is 10.2 Å². The number of ether oxygens (including phenoxy) is 1. The van der Waals surface area contributed by atoms with E-state index >= 15 is 0 Å². The second kappa shape index (κ2) is 8.73. The van der Waals surface area contributed by atoms with Crippen LogP contribution in [-0.4, -0.2) is 35.4 Å². The van der Waals surface area contributed by atoms with Gasteiger partial charge in [-0.25, -0.2) is 4.79 Å². The number of carbonyl (C=O) groups excluding carboxylic acids is 1. The lowest BCUT2D eigenvalue weighted by molar-refractivity contribution is 0.0481. The molecule has 3 rings (SSSR count). The maximum absolute atomic E-state index is 12.4. The highest BCUT2D eigenvalue weighted by atomic mass is 16.6. The number of hydrogen-bond donors (Lipinski definition) is 2. The van der Waals surface area contributed by atoms with Gasteiger partial charge < -0.3 is 20.1 Å². The Balaban J connectivity index is 1.76. The molecule has 1 saturated carbocycles. The van der Waals surface area contributed by atoms with Crippen molar-refractivity contribution in [1.29, 1.82) is 0 Å². The molecular weight excluding hydrogens is 352 g/mol. The number of hydrogen-bond acceptors (Lipinski definition) is 4. The number of benzene rings is 1. The Bertz CT molecular complexity index is 647. The van der Waals surface area contributed by atoms with Gasteiger partial charge in [-0.15, -0.1) is 0 Å². The summed E-state index contributed by atoms with van der Waals surface area (Å²) in [6.07, 6.45) is 6.28. The fraction of sp³-hybridized carbons (Fsp3) is 0.696. The highest BCUT2D eigenvalue weighted by Gasteiger charge is 2.36. The third-order valence-electron chi connectivity index (χ3n) is 5.99. The maximum atomic E-state index is 12.4. The van der Waals surface area contributed by atoms with Gasteiger partial charge in [0, 0.05) is 18.3 Å². The molecule has 1 saturated heterocycles. The molecule has 1 aliphatic heterocycles. The van der Waals surface area contributed by atoms with E-state index in [1.54, 1.807) is 6.92 Å². The van der Waals surface area contributed by atoms with Gasteiger partial charge in [0.25, 0.3) is 0 Å². The fourth-order valence-corrected chi connectivity index (χ4v) is 4.31. The van der Waals surface area contributed by atoms with Crippen LogP contribution in [0.25, 0.3) is 0 Å². The number of aliphatic hydroxyl groups is 1. The molecule has 156 valence electrons. The number of carbonyl (C=O) groups is 1. The van der Waals surface area contributed by atoms with E-state index in [0.29, 0.717) is 0 Å². The average Bonchev–Trinajstić information content (AvgIpc) is 2.57. The lowest BCUT2D eigenvalue weighted by Crippen LogP contribution is -2.57. The maximum Gasteiger partial charge on any atom is 0.407 e. The van der Waals surface area contributed by atoms with Crippen LogP contribution in [0.15, 0.2) is 24.3 Å². The van der Waals surface area contributed by atoms with Crippen molar-refractivity contribution in [2.75, 3.05) is 11.4 Å². The molecule has 28 heavy (non-hydrogen) atoms. The summed E-state index contributed by atoms with van der Waals surface area (Å²) in [5.74, 6) is 0.755. The molecule has 0 radical (unpaired) electrons. The van der Waals surface area contributed by atoms with Gasteiger partial charge in [-0.3, -0.25) is 0 Å². The number of rotatable bonds is 5. The number of anilines is 1. The predicted molar refractivity (Wildman–Crippen MR) is 113 cm³/mol. The summed E-state index contributed by atoms with van der Waals surface area (Å²) in [7, 11) is 0. The molecule has 3 atom stereocenters. The van der Waals surface area contributed by atoms with Gasteiger partial charge >= 0.3 is 6.09 Å². The molecule has 1 aliphatic carbocycles. The van der Waals surface area contributed by atoms with Crippen molar-refractivity contribution in [3.63, 3.8) is 0 Å². The fourth-order valence-electron chi connectivity index (χ4n) is 4.31. The summed E-state index contributed by atoms with van der Waals surface area (Å²) < 4.78 is 5.52. The van der Waals surface area contributed by atoms with E-state index in [4.69, 9.17) is 4.74 Å². The first-order valence-corrected chi connectivity index (χ1v) is 10.8. The quantitative estimate of drug-likeness (QED) is 0.761. The minimum Gasteiger partial charge on any atom is -0.444 e. The number of amides is 1. The molecule has 1 aromatic carbocycles. The molecule has 1 unspecified atom stereocenters. The Morgan fingerprint density at radius 1 is 1.21 bits per heavy atom. The van der Waals surface area contributed by atoms with E-state index < -0.39 is 11.7 Å². The summed E-state index contributed by atoms with van der Waals surface area (Å²) in [4.78, 5) is 14.9. The highest BCUT2D eigenvalue weighted by molar-refractivity contribution is 5.68. The first-order chi connectivity index (χ1) is 13.2. The van der Waals surface area contributed by atoms with Gasteiger partial charge in [0.2, 0.25) is 0 Å². The number of alkyl carbamates (subject to hydrolysis) is 1. The Morgan fingerprint density at radius 2 is 1.89 bits per heavy atom. The van der Waals surface area contributed by atoms with E-state index in [9.17, 15) is 9.90 Å². The lowest BCUT2D eigenvalue weighted by atomic mass is 9.77. The van der Waals surface area contributed by atoms with Crippen molar-refractivity contribution >= 4 is 11.8 Å². The van der Waals surface area contributed by atoms with Crippen LogP contribution in [0.4, 0.5) is 10.5 Å². The monoisotopic (exact) mass is 388 g/mol. The molecule has 0 spiro atoms. The first kappa shape index (κ1) is 21.0. The SMILES string of the molecule is C[C@@H](O)c1ccc(N2CCC[C@@H](NC(=O)OC(C)(C)C)C2CC2CCC2)cc1. The van der Waals surface area contributed by atoms with Crippen molar-refractivity contribution in [2.24, 2.45) is 5.92 Å². The molecule has 1 amide bonds. The van der Waals surface area contributed by atoms with Crippen LogP contribution >= 0.6 is 0 Å². The molecule has 2 N–H and O–H groups in total. The minimum absolute atomic E-state index is 0.0978. The summed E-state index contributed by atoms with van der Waals surface area (Å²) >= 11 is 0. The standard InChI is InChI=1S/C23H36N2O3/c1-16(26)18-10-12-19(13-11-18)25-14-6-9-20(21(25)15-17-7-5-8-17)24-22(27)28-23(2,3)4/h10-13,16-17,20-21,26H,5-9,14-15H2,1-4H3,(H,24,27)/t16-,20-,21?/m1/s1. The average molecular weight is 389 g/mol. The summed E-state index contributed by atoms with van der Waals surface area (Å²) in [5, 5.41) is 13.0. The highest BCUT2D eigenvalue weighted by Crippen LogP contribution is 2.36. The largest absolute Gasteiger partial charge is 0.444 e. The van der Waals surface area contributed by atoms with Crippen LogP contribution in [0.1, 0.15) is 77.9 Å². The first-order valence-electron chi connectivity index (χ1n) is 10.8. The molecule has 5 heteroatoms. The molecule has 0 aromatic heterocycles. The van der Waals surface area contributed by atoms with Crippen molar-refractivity contribution in [1.82, 2.24) is 5.32 Å². The van der Waals surface area contributed by atoms with Gasteiger partial charge in [0.15, 0.2) is 0 Å². The molecule has 2 aliphatic rings. The molecule has 1 aromatic rings. The van der Waals surface area contributed by atoms with Crippen molar-refractivity contribution < 1.29 is 14.6 Å². The number of piperidine rings is 1. The zero-order chi connectivity index (χ0) is 20.3. The van der Waals surface area contributed by atoms with Gasteiger partial charge in [-0.1, -0.05) is 31.4 Å². The van der Waals surface area contributed by atoms with E-state index in [1.165, 1.54) is 24.9 Å². The summed E-state index contributed by atoms with van der Waals surface area (Å²) in [6, 6.07) is 8.60. The Kier molecular flexibility index (Phi) is 6.54. The van der Waals surface area contributed by atoms with Crippen LogP contribution in [0.3, 0.4) is 0 Å². The van der Waals surface area contributed by atoms with Crippen LogP contribution in [0.2, 0.25) is 0 Å². The van der Waals surface area contributed by atoms with E-state index in [2.05, 4.69) is 22.3 Å². The van der Waals surface area contributed by atoms with Crippen molar-refractivity contribution in [3.8, 4) is 0 Å². The Labute approximate surface area is 169 Å². The third-order valence-corrected chi connectivity index (χ3v) is 5.99. The Hall–Kier alpha value is -1.75. The van der Waals surface area contributed by atoms with E-state index in [1.807, 2.05) is 32.9 Å². The van der Waals surface area contributed by atoms with Gasteiger partial charge in [-0.2, -0.15) is 0 Å². The molecular formula is C23H36N2O3. The molecule has 1 heterocycles. The van der Waals surface area contributed by atoms with Gasteiger partial charge in [-0.05, 0) is 70.6 Å². The van der Waals surface area contributed by atoms with Crippen LogP contribution in [0.5, 0.6) is 0 Å². The van der Waals surface area contributed by atoms with Crippen molar-refractivity contribution in [2.45, 2.75) is 90.0 Å². The zero-order valence-corrected chi connectivity index (χ0v) is 17.8. The van der Waals surface area contributed by atoms with Crippen LogP contribution in [0, 0.1) is 5.92 Å². The second-order valence-corrected chi connectivity index (χ2v) is 9.46.